The number of amides is 1. The van der Waals surface area contributed by atoms with E-state index in [1.54, 1.807) is 12.1 Å². The van der Waals surface area contributed by atoms with Gasteiger partial charge in [0.25, 0.3) is 11.9 Å². The van der Waals surface area contributed by atoms with Crippen LogP contribution in [0, 0.1) is 11.8 Å². The Labute approximate surface area is 140 Å². The first-order valence-electron chi connectivity index (χ1n) is 8.36. The van der Waals surface area contributed by atoms with Gasteiger partial charge in [0.15, 0.2) is 5.76 Å². The summed E-state index contributed by atoms with van der Waals surface area (Å²) in [6.07, 6.45) is 2.17. The lowest BCUT2D eigenvalue weighted by Gasteiger charge is -2.48. The van der Waals surface area contributed by atoms with Gasteiger partial charge in [0.2, 0.25) is 0 Å². The number of methoxy groups -OCH3 is 1. The summed E-state index contributed by atoms with van der Waals surface area (Å²) in [5.41, 5.74) is 1.27. The predicted octanol–water partition coefficient (Wildman–Crippen LogP) is 2.66. The number of ether oxygens (including phenoxy) is 2. The minimum Gasteiger partial charge on any atom is -0.468 e. The third kappa shape index (κ3) is 2.69. The fourth-order valence-corrected chi connectivity index (χ4v) is 3.95. The molecule has 1 saturated carbocycles. The molecule has 2 fully saturated rings. The van der Waals surface area contributed by atoms with Crippen LogP contribution in [-0.2, 0) is 11.2 Å². The van der Waals surface area contributed by atoms with Crippen molar-refractivity contribution in [2.45, 2.75) is 25.0 Å². The standard InChI is InChI=1S/C19H21NO4/c1-22-16-8-7-15(24-16)19(21)20-17-13-9-10-23-18(13)14(17)11-12-5-3-2-4-6-12/h2-8,13-14,17-18H,9-11H2,1H3,(H,20,21)/t13-,14+,17-,18-/m0/s1. The summed E-state index contributed by atoms with van der Waals surface area (Å²) in [4.78, 5) is 12.5. The number of carbonyl (C=O) groups is 1. The highest BCUT2D eigenvalue weighted by atomic mass is 16.6. The summed E-state index contributed by atoms with van der Waals surface area (Å²) in [6.45, 7) is 0.779. The van der Waals surface area contributed by atoms with Crippen molar-refractivity contribution in [3.05, 3.63) is 53.8 Å². The second kappa shape index (κ2) is 6.32. The molecular formula is C19H21NO4. The molecule has 1 saturated heterocycles. The third-order valence-electron chi connectivity index (χ3n) is 5.15. The van der Waals surface area contributed by atoms with Gasteiger partial charge in [-0.05, 0) is 24.5 Å². The fourth-order valence-electron chi connectivity index (χ4n) is 3.95. The second-order valence-corrected chi connectivity index (χ2v) is 6.46. The number of furan rings is 1. The van der Waals surface area contributed by atoms with Gasteiger partial charge in [-0.1, -0.05) is 30.3 Å². The van der Waals surface area contributed by atoms with E-state index in [4.69, 9.17) is 13.9 Å². The predicted molar refractivity (Wildman–Crippen MR) is 88.0 cm³/mol. The number of hydrogen-bond donors (Lipinski definition) is 1. The molecule has 2 aliphatic rings. The van der Waals surface area contributed by atoms with Crippen molar-refractivity contribution in [2.24, 2.45) is 11.8 Å². The van der Waals surface area contributed by atoms with Gasteiger partial charge < -0.3 is 19.2 Å². The Morgan fingerprint density at radius 1 is 1.25 bits per heavy atom. The molecule has 1 aliphatic heterocycles. The highest BCUT2D eigenvalue weighted by molar-refractivity contribution is 5.92. The molecule has 1 aliphatic carbocycles. The van der Waals surface area contributed by atoms with Gasteiger partial charge in [-0.2, -0.15) is 0 Å². The zero-order chi connectivity index (χ0) is 16.5. The van der Waals surface area contributed by atoms with Gasteiger partial charge in [0, 0.05) is 30.6 Å². The summed E-state index contributed by atoms with van der Waals surface area (Å²) in [5, 5.41) is 3.14. The average molecular weight is 327 g/mol. The largest absolute Gasteiger partial charge is 0.468 e. The van der Waals surface area contributed by atoms with Crippen molar-refractivity contribution in [1.29, 1.82) is 0 Å². The van der Waals surface area contributed by atoms with Gasteiger partial charge in [-0.15, -0.1) is 0 Å². The van der Waals surface area contributed by atoms with Crippen molar-refractivity contribution in [3.8, 4) is 5.95 Å². The molecule has 1 N–H and O–H groups in total. The monoisotopic (exact) mass is 327 g/mol. The van der Waals surface area contributed by atoms with Crippen LogP contribution in [0.15, 0.2) is 46.9 Å². The molecule has 5 nitrogen and oxygen atoms in total. The number of fused-ring (bicyclic) bond motifs is 1. The molecule has 24 heavy (non-hydrogen) atoms. The van der Waals surface area contributed by atoms with Gasteiger partial charge in [0.05, 0.1) is 13.2 Å². The molecule has 5 heteroatoms. The molecule has 1 aromatic heterocycles. The van der Waals surface area contributed by atoms with E-state index in [9.17, 15) is 4.79 Å². The van der Waals surface area contributed by atoms with Crippen LogP contribution in [-0.4, -0.2) is 31.8 Å². The van der Waals surface area contributed by atoms with Crippen molar-refractivity contribution in [3.63, 3.8) is 0 Å². The third-order valence-corrected chi connectivity index (χ3v) is 5.15. The van der Waals surface area contributed by atoms with E-state index in [2.05, 4.69) is 17.4 Å². The van der Waals surface area contributed by atoms with Crippen LogP contribution in [0.1, 0.15) is 22.5 Å². The maximum absolute atomic E-state index is 12.5. The van der Waals surface area contributed by atoms with Gasteiger partial charge >= 0.3 is 0 Å². The van der Waals surface area contributed by atoms with Crippen LogP contribution >= 0.6 is 0 Å². The molecule has 0 radical (unpaired) electrons. The Bertz CT molecular complexity index is 711. The topological polar surface area (TPSA) is 60.7 Å². The number of nitrogens with one attached hydrogen (secondary N) is 1. The smallest absolute Gasteiger partial charge is 0.287 e. The van der Waals surface area contributed by atoms with Crippen molar-refractivity contribution in [2.75, 3.05) is 13.7 Å². The second-order valence-electron chi connectivity index (χ2n) is 6.46. The molecule has 1 amide bonds. The number of benzene rings is 1. The van der Waals surface area contributed by atoms with Crippen LogP contribution < -0.4 is 10.1 Å². The minimum atomic E-state index is -0.188. The molecule has 0 unspecified atom stereocenters. The molecule has 1 aromatic carbocycles. The van der Waals surface area contributed by atoms with Crippen LogP contribution in [0.4, 0.5) is 0 Å². The Morgan fingerprint density at radius 3 is 2.83 bits per heavy atom. The van der Waals surface area contributed by atoms with Crippen molar-refractivity contribution in [1.82, 2.24) is 5.32 Å². The highest BCUT2D eigenvalue weighted by Crippen LogP contribution is 2.45. The molecule has 4 atom stereocenters. The van der Waals surface area contributed by atoms with Gasteiger partial charge in [0.1, 0.15) is 0 Å². The van der Waals surface area contributed by atoms with Crippen molar-refractivity contribution >= 4 is 5.91 Å². The SMILES string of the molecule is COc1ccc(C(=O)N[C@@H]2[C@@H](Cc3ccccc3)[C@H]3OCC[C@@H]23)o1. The molecule has 0 bridgehead atoms. The Morgan fingerprint density at radius 2 is 2.08 bits per heavy atom. The lowest BCUT2D eigenvalue weighted by atomic mass is 9.64. The van der Waals surface area contributed by atoms with Crippen LogP contribution in [0.5, 0.6) is 5.95 Å². The lowest BCUT2D eigenvalue weighted by molar-refractivity contribution is -0.0530. The van der Waals surface area contributed by atoms with E-state index in [0.717, 1.165) is 19.4 Å². The van der Waals surface area contributed by atoms with E-state index >= 15 is 0 Å². The number of rotatable bonds is 5. The summed E-state index contributed by atoms with van der Waals surface area (Å²) < 4.78 is 16.2. The summed E-state index contributed by atoms with van der Waals surface area (Å²) in [5.74, 6) is 1.15. The first kappa shape index (κ1) is 15.3. The van der Waals surface area contributed by atoms with E-state index in [1.807, 2.05) is 18.2 Å². The zero-order valence-electron chi connectivity index (χ0n) is 13.6. The van der Waals surface area contributed by atoms with Gasteiger partial charge in [-0.3, -0.25) is 4.79 Å². The molecule has 126 valence electrons. The quantitative estimate of drug-likeness (QED) is 0.917. The maximum atomic E-state index is 12.5. The van der Waals surface area contributed by atoms with Gasteiger partial charge in [-0.25, -0.2) is 0 Å². The number of carbonyl (C=O) groups excluding carboxylic acids is 1. The molecule has 2 aromatic rings. The lowest BCUT2D eigenvalue weighted by Crippen LogP contribution is -2.62. The first-order valence-corrected chi connectivity index (χ1v) is 8.36. The minimum absolute atomic E-state index is 0.126. The Kier molecular flexibility index (Phi) is 4.02. The first-order chi connectivity index (χ1) is 11.8. The average Bonchev–Trinajstić information content (AvgIpc) is 3.26. The summed E-state index contributed by atoms with van der Waals surface area (Å²) in [7, 11) is 1.52. The summed E-state index contributed by atoms with van der Waals surface area (Å²) in [6, 6.07) is 13.8. The Hall–Kier alpha value is -2.27. The molecule has 2 heterocycles. The van der Waals surface area contributed by atoms with Crippen molar-refractivity contribution < 1.29 is 18.7 Å². The Balaban J connectivity index is 1.46. The number of hydrogen-bond acceptors (Lipinski definition) is 4. The maximum Gasteiger partial charge on any atom is 0.287 e. The molecule has 4 rings (SSSR count). The van der Waals surface area contributed by atoms with E-state index in [1.165, 1.54) is 12.7 Å². The van der Waals surface area contributed by atoms with Crippen LogP contribution in [0.3, 0.4) is 0 Å². The van der Waals surface area contributed by atoms with Crippen LogP contribution in [0.2, 0.25) is 0 Å². The molecule has 0 spiro atoms. The van der Waals surface area contributed by atoms with E-state index in [-0.39, 0.29) is 23.8 Å². The fraction of sp³-hybridized carbons (Fsp3) is 0.421. The zero-order valence-corrected chi connectivity index (χ0v) is 13.6. The van der Waals surface area contributed by atoms with E-state index < -0.39 is 0 Å². The highest BCUT2D eigenvalue weighted by Gasteiger charge is 2.54. The van der Waals surface area contributed by atoms with E-state index in [0.29, 0.717) is 17.8 Å². The molecular weight excluding hydrogens is 306 g/mol. The summed E-state index contributed by atoms with van der Waals surface area (Å²) >= 11 is 0. The normalized spacial score (nSPS) is 28.0. The van der Waals surface area contributed by atoms with Crippen LogP contribution in [0.25, 0.3) is 0 Å².